The van der Waals surface area contributed by atoms with Crippen LogP contribution in [0.2, 0.25) is 0 Å². The third kappa shape index (κ3) is 3.61. The van der Waals surface area contributed by atoms with Gasteiger partial charge in [0.05, 0.1) is 18.8 Å². The van der Waals surface area contributed by atoms with E-state index in [-0.39, 0.29) is 12.1 Å². The van der Waals surface area contributed by atoms with Crippen LogP contribution >= 0.6 is 0 Å². The number of amides is 1. The van der Waals surface area contributed by atoms with Gasteiger partial charge in [-0.05, 0) is 31.5 Å². The molecule has 1 aliphatic rings. The molecule has 2 N–H and O–H groups in total. The molecule has 2 atom stereocenters. The van der Waals surface area contributed by atoms with E-state index in [1.165, 1.54) is 0 Å². The molecule has 104 valence electrons. The third-order valence-electron chi connectivity index (χ3n) is 3.34. The van der Waals surface area contributed by atoms with Gasteiger partial charge in [0, 0.05) is 18.8 Å². The molecule has 0 saturated carbocycles. The van der Waals surface area contributed by atoms with Crippen LogP contribution in [-0.2, 0) is 4.74 Å². The Kier molecular flexibility index (Phi) is 4.27. The van der Waals surface area contributed by atoms with Gasteiger partial charge in [-0.2, -0.15) is 0 Å². The molecule has 19 heavy (non-hydrogen) atoms. The number of morpholine rings is 1. The van der Waals surface area contributed by atoms with Crippen LogP contribution in [0.3, 0.4) is 0 Å². The molecule has 5 nitrogen and oxygen atoms in total. The van der Waals surface area contributed by atoms with Crippen LogP contribution in [0.15, 0.2) is 24.3 Å². The Morgan fingerprint density at radius 3 is 2.74 bits per heavy atom. The maximum atomic E-state index is 10.6. The lowest BCUT2D eigenvalue weighted by atomic mass is 10.1. The van der Waals surface area contributed by atoms with Crippen molar-refractivity contribution in [3.63, 3.8) is 0 Å². The second-order valence-electron chi connectivity index (χ2n) is 4.89. The summed E-state index contributed by atoms with van der Waals surface area (Å²) in [5, 5.41) is 11.1. The zero-order valence-electron chi connectivity index (χ0n) is 11.3. The van der Waals surface area contributed by atoms with Crippen LogP contribution in [0.4, 0.5) is 10.5 Å². The first-order valence-electron chi connectivity index (χ1n) is 6.52. The van der Waals surface area contributed by atoms with E-state index in [4.69, 9.17) is 9.84 Å². The molecular weight excluding hydrogens is 244 g/mol. The van der Waals surface area contributed by atoms with Crippen LogP contribution < -0.4 is 10.2 Å². The van der Waals surface area contributed by atoms with E-state index in [0.29, 0.717) is 0 Å². The lowest BCUT2D eigenvalue weighted by Gasteiger charge is -2.33. The summed E-state index contributed by atoms with van der Waals surface area (Å²) < 4.78 is 5.52. The van der Waals surface area contributed by atoms with Crippen molar-refractivity contribution in [3.05, 3.63) is 29.8 Å². The minimum atomic E-state index is -1.00. The van der Waals surface area contributed by atoms with Gasteiger partial charge in [0.2, 0.25) is 0 Å². The summed E-state index contributed by atoms with van der Waals surface area (Å²) in [6, 6.07) is 7.81. The zero-order chi connectivity index (χ0) is 13.8. The van der Waals surface area contributed by atoms with Gasteiger partial charge in [0.1, 0.15) is 0 Å². The number of benzene rings is 1. The number of anilines is 1. The Bertz CT molecular complexity index is 433. The van der Waals surface area contributed by atoms with E-state index in [1.54, 1.807) is 0 Å². The highest BCUT2D eigenvalue weighted by molar-refractivity contribution is 5.65. The van der Waals surface area contributed by atoms with E-state index in [0.717, 1.165) is 30.9 Å². The summed E-state index contributed by atoms with van der Waals surface area (Å²) in [5.41, 5.74) is 2.12. The standard InChI is InChI=1S/C14H20N2O3/c1-10-9-16(7-8-19-10)13-5-3-12(4-6-13)11(2)15-14(17)18/h3-6,10-11,15H,7-9H2,1-2H3,(H,17,18). The van der Waals surface area contributed by atoms with Crippen molar-refractivity contribution in [1.82, 2.24) is 5.32 Å². The van der Waals surface area contributed by atoms with Gasteiger partial charge < -0.3 is 20.1 Å². The maximum Gasteiger partial charge on any atom is 0.405 e. The molecule has 0 spiro atoms. The Morgan fingerprint density at radius 2 is 2.16 bits per heavy atom. The molecule has 1 fully saturated rings. The van der Waals surface area contributed by atoms with E-state index >= 15 is 0 Å². The average Bonchev–Trinajstić information content (AvgIpc) is 2.38. The molecule has 1 aliphatic heterocycles. The van der Waals surface area contributed by atoms with Crippen molar-refractivity contribution in [2.75, 3.05) is 24.6 Å². The van der Waals surface area contributed by atoms with Crippen molar-refractivity contribution < 1.29 is 14.6 Å². The number of rotatable bonds is 3. The van der Waals surface area contributed by atoms with Crippen LogP contribution in [0.5, 0.6) is 0 Å². The fraction of sp³-hybridized carbons (Fsp3) is 0.500. The number of nitrogens with zero attached hydrogens (tertiary/aromatic N) is 1. The van der Waals surface area contributed by atoms with Crippen molar-refractivity contribution in [3.8, 4) is 0 Å². The smallest absolute Gasteiger partial charge is 0.405 e. The normalized spacial score (nSPS) is 20.9. The number of hydrogen-bond acceptors (Lipinski definition) is 3. The van der Waals surface area contributed by atoms with Gasteiger partial charge in [0.15, 0.2) is 0 Å². The molecule has 2 rings (SSSR count). The molecule has 1 heterocycles. The molecule has 0 bridgehead atoms. The predicted octanol–water partition coefficient (Wildman–Crippen LogP) is 2.24. The molecule has 1 saturated heterocycles. The largest absolute Gasteiger partial charge is 0.465 e. The summed E-state index contributed by atoms with van der Waals surface area (Å²) in [7, 11) is 0. The second kappa shape index (κ2) is 5.93. The summed E-state index contributed by atoms with van der Waals surface area (Å²) >= 11 is 0. The van der Waals surface area contributed by atoms with Gasteiger partial charge in [-0.3, -0.25) is 0 Å². The van der Waals surface area contributed by atoms with Gasteiger partial charge in [-0.25, -0.2) is 4.79 Å². The molecule has 0 radical (unpaired) electrons. The second-order valence-corrected chi connectivity index (χ2v) is 4.89. The fourth-order valence-corrected chi connectivity index (χ4v) is 2.30. The van der Waals surface area contributed by atoms with Crippen molar-refractivity contribution in [2.24, 2.45) is 0 Å². The van der Waals surface area contributed by atoms with Crippen LogP contribution in [-0.4, -0.2) is 37.0 Å². The molecule has 0 aliphatic carbocycles. The molecular formula is C14H20N2O3. The van der Waals surface area contributed by atoms with Crippen LogP contribution in [0.25, 0.3) is 0 Å². The van der Waals surface area contributed by atoms with Gasteiger partial charge in [-0.15, -0.1) is 0 Å². The lowest BCUT2D eigenvalue weighted by molar-refractivity contribution is 0.0532. The molecule has 1 aromatic rings. The SMILES string of the molecule is CC1CN(c2ccc(C(C)NC(=O)O)cc2)CCO1. The maximum absolute atomic E-state index is 10.6. The minimum Gasteiger partial charge on any atom is -0.465 e. The summed E-state index contributed by atoms with van der Waals surface area (Å²) in [6.45, 7) is 6.44. The van der Waals surface area contributed by atoms with Crippen molar-refractivity contribution >= 4 is 11.8 Å². The number of nitrogens with one attached hydrogen (secondary N) is 1. The number of carbonyl (C=O) groups is 1. The fourth-order valence-electron chi connectivity index (χ4n) is 2.30. The Balaban J connectivity index is 2.03. The lowest BCUT2D eigenvalue weighted by Crippen LogP contribution is -2.41. The summed E-state index contributed by atoms with van der Waals surface area (Å²) in [6.07, 6.45) is -0.750. The first kappa shape index (κ1) is 13.7. The molecule has 1 amide bonds. The van der Waals surface area contributed by atoms with Crippen molar-refractivity contribution in [1.29, 1.82) is 0 Å². The monoisotopic (exact) mass is 264 g/mol. The van der Waals surface area contributed by atoms with E-state index in [2.05, 4.69) is 17.1 Å². The average molecular weight is 264 g/mol. The zero-order valence-corrected chi connectivity index (χ0v) is 11.3. The van der Waals surface area contributed by atoms with E-state index in [1.807, 2.05) is 31.2 Å². The number of hydrogen-bond donors (Lipinski definition) is 2. The Labute approximate surface area is 113 Å². The quantitative estimate of drug-likeness (QED) is 0.879. The molecule has 1 aromatic carbocycles. The molecule has 0 aromatic heterocycles. The number of ether oxygens (including phenoxy) is 1. The van der Waals surface area contributed by atoms with Crippen LogP contribution in [0, 0.1) is 0 Å². The van der Waals surface area contributed by atoms with Gasteiger partial charge >= 0.3 is 6.09 Å². The highest BCUT2D eigenvalue weighted by atomic mass is 16.5. The third-order valence-corrected chi connectivity index (χ3v) is 3.34. The van der Waals surface area contributed by atoms with E-state index < -0.39 is 6.09 Å². The number of carboxylic acid groups (broad SMARTS) is 1. The predicted molar refractivity (Wildman–Crippen MR) is 73.6 cm³/mol. The summed E-state index contributed by atoms with van der Waals surface area (Å²) in [4.78, 5) is 12.9. The van der Waals surface area contributed by atoms with E-state index in [9.17, 15) is 4.79 Å². The van der Waals surface area contributed by atoms with Crippen molar-refractivity contribution in [2.45, 2.75) is 26.0 Å². The Morgan fingerprint density at radius 1 is 1.47 bits per heavy atom. The first-order valence-corrected chi connectivity index (χ1v) is 6.52. The molecule has 5 heteroatoms. The highest BCUT2D eigenvalue weighted by Crippen LogP contribution is 2.21. The summed E-state index contributed by atoms with van der Waals surface area (Å²) in [5.74, 6) is 0. The first-order chi connectivity index (χ1) is 9.06. The van der Waals surface area contributed by atoms with Gasteiger partial charge in [0.25, 0.3) is 0 Å². The Hall–Kier alpha value is -1.75. The molecule has 2 unspecified atom stereocenters. The minimum absolute atomic E-state index is 0.199. The highest BCUT2D eigenvalue weighted by Gasteiger charge is 2.17. The topological polar surface area (TPSA) is 61.8 Å². The van der Waals surface area contributed by atoms with Crippen LogP contribution in [0.1, 0.15) is 25.5 Å². The van der Waals surface area contributed by atoms with Gasteiger partial charge in [-0.1, -0.05) is 12.1 Å².